The molecular weight excluding hydrogens is 319 g/mol. The summed E-state index contributed by atoms with van der Waals surface area (Å²) in [6.45, 7) is 0.969. The van der Waals surface area contributed by atoms with E-state index in [0.29, 0.717) is 29.0 Å². The van der Waals surface area contributed by atoms with Gasteiger partial charge in [-0.2, -0.15) is 0 Å². The summed E-state index contributed by atoms with van der Waals surface area (Å²) < 4.78 is 0. The highest BCUT2D eigenvalue weighted by molar-refractivity contribution is 6.42. The van der Waals surface area contributed by atoms with Gasteiger partial charge in [-0.1, -0.05) is 65.1 Å². The summed E-state index contributed by atoms with van der Waals surface area (Å²) in [5.74, 6) is 0.513. The first-order valence-electron chi connectivity index (χ1n) is 6.03. The lowest BCUT2D eigenvalue weighted by atomic mass is 10.2. The lowest BCUT2D eigenvalue weighted by Gasteiger charge is -2.24. The number of nitrogens with zero attached hydrogens (tertiary/aromatic N) is 2. The highest BCUT2D eigenvalue weighted by atomic mass is 35.5. The average molecular weight is 332 g/mol. The predicted molar refractivity (Wildman–Crippen MR) is 83.8 cm³/mol. The van der Waals surface area contributed by atoms with Crippen molar-refractivity contribution in [1.82, 2.24) is 4.98 Å². The van der Waals surface area contributed by atoms with E-state index < -0.39 is 0 Å². The van der Waals surface area contributed by atoms with Crippen LogP contribution in [0.25, 0.3) is 0 Å². The van der Waals surface area contributed by atoms with Gasteiger partial charge in [0.1, 0.15) is 11.0 Å². The van der Waals surface area contributed by atoms with E-state index in [2.05, 4.69) is 4.98 Å². The Morgan fingerprint density at radius 1 is 1.05 bits per heavy atom. The van der Waals surface area contributed by atoms with E-state index >= 15 is 0 Å². The third-order valence-electron chi connectivity index (χ3n) is 2.75. The SMILES string of the molecule is OCCN(Cc1ccccc1)c1nc(Cl)c(Cl)cc1Cl. The van der Waals surface area contributed by atoms with E-state index in [1.807, 2.05) is 35.2 Å². The van der Waals surface area contributed by atoms with Gasteiger partial charge >= 0.3 is 0 Å². The Labute approximate surface area is 132 Å². The van der Waals surface area contributed by atoms with Crippen molar-refractivity contribution >= 4 is 40.6 Å². The Morgan fingerprint density at radius 2 is 1.75 bits per heavy atom. The number of rotatable bonds is 5. The molecular formula is C14H13Cl3N2O. The molecule has 106 valence electrons. The first-order valence-corrected chi connectivity index (χ1v) is 7.16. The van der Waals surface area contributed by atoms with Crippen LogP contribution in [0.15, 0.2) is 36.4 Å². The standard InChI is InChI=1S/C14H13Cl3N2O/c15-11-8-12(16)14(18-13(11)17)19(6-7-20)9-10-4-2-1-3-5-10/h1-5,8,20H,6-7,9H2. The van der Waals surface area contributed by atoms with E-state index in [1.165, 1.54) is 0 Å². The fourth-order valence-corrected chi connectivity index (χ4v) is 2.45. The third kappa shape index (κ3) is 3.76. The molecule has 0 radical (unpaired) electrons. The highest BCUT2D eigenvalue weighted by Crippen LogP contribution is 2.31. The van der Waals surface area contributed by atoms with Crippen molar-refractivity contribution in [1.29, 1.82) is 0 Å². The second kappa shape index (κ2) is 7.14. The first kappa shape index (κ1) is 15.4. The smallest absolute Gasteiger partial charge is 0.150 e. The number of aliphatic hydroxyl groups is 1. The second-order valence-corrected chi connectivity index (χ2v) is 5.37. The Balaban J connectivity index is 2.31. The van der Waals surface area contributed by atoms with Crippen molar-refractivity contribution < 1.29 is 5.11 Å². The Hall–Kier alpha value is -1.000. The topological polar surface area (TPSA) is 36.4 Å². The molecule has 1 N–H and O–H groups in total. The van der Waals surface area contributed by atoms with E-state index in [1.54, 1.807) is 6.07 Å². The minimum Gasteiger partial charge on any atom is -0.395 e. The molecule has 1 heterocycles. The maximum Gasteiger partial charge on any atom is 0.150 e. The molecule has 0 aliphatic rings. The van der Waals surface area contributed by atoms with Gasteiger partial charge in [0, 0.05) is 13.1 Å². The third-order valence-corrected chi connectivity index (χ3v) is 3.71. The van der Waals surface area contributed by atoms with Crippen molar-refractivity contribution in [2.75, 3.05) is 18.1 Å². The Kier molecular flexibility index (Phi) is 5.49. The van der Waals surface area contributed by atoms with Gasteiger partial charge in [0.05, 0.1) is 16.7 Å². The van der Waals surface area contributed by atoms with Crippen molar-refractivity contribution in [3.8, 4) is 0 Å². The molecule has 0 saturated carbocycles. The molecule has 6 heteroatoms. The molecule has 2 aromatic rings. The molecule has 0 amide bonds. The van der Waals surface area contributed by atoms with Crippen molar-refractivity contribution in [2.45, 2.75) is 6.54 Å². The van der Waals surface area contributed by atoms with Gasteiger partial charge in [0.2, 0.25) is 0 Å². The van der Waals surface area contributed by atoms with Gasteiger partial charge in [-0.15, -0.1) is 0 Å². The van der Waals surface area contributed by atoms with Gasteiger partial charge in [0.25, 0.3) is 0 Å². The van der Waals surface area contributed by atoms with Crippen LogP contribution in [-0.2, 0) is 6.54 Å². The van der Waals surface area contributed by atoms with Crippen LogP contribution in [0.1, 0.15) is 5.56 Å². The van der Waals surface area contributed by atoms with Crippen LogP contribution in [-0.4, -0.2) is 23.2 Å². The zero-order valence-corrected chi connectivity index (χ0v) is 12.8. The van der Waals surface area contributed by atoms with Crippen molar-refractivity contribution in [2.24, 2.45) is 0 Å². The number of hydrogen-bond donors (Lipinski definition) is 1. The maximum absolute atomic E-state index is 9.22. The van der Waals surface area contributed by atoms with Gasteiger partial charge < -0.3 is 10.0 Å². The molecule has 3 nitrogen and oxygen atoms in total. The summed E-state index contributed by atoms with van der Waals surface area (Å²) >= 11 is 18.0. The van der Waals surface area contributed by atoms with Gasteiger partial charge in [-0.3, -0.25) is 0 Å². The number of pyridine rings is 1. The fraction of sp³-hybridized carbons (Fsp3) is 0.214. The molecule has 2 rings (SSSR count). The highest BCUT2D eigenvalue weighted by Gasteiger charge is 2.15. The summed E-state index contributed by atoms with van der Waals surface area (Å²) in [6, 6.07) is 11.4. The molecule has 0 unspecified atom stereocenters. The maximum atomic E-state index is 9.22. The van der Waals surface area contributed by atoms with Crippen LogP contribution in [0.5, 0.6) is 0 Å². The van der Waals surface area contributed by atoms with E-state index in [4.69, 9.17) is 34.8 Å². The van der Waals surface area contributed by atoms with Crippen molar-refractivity contribution in [3.63, 3.8) is 0 Å². The molecule has 0 saturated heterocycles. The molecule has 1 aromatic heterocycles. The minimum absolute atomic E-state index is 0.00884. The zero-order valence-electron chi connectivity index (χ0n) is 10.6. The molecule has 0 aliphatic carbocycles. The average Bonchev–Trinajstić information content (AvgIpc) is 2.44. The minimum atomic E-state index is -0.00884. The van der Waals surface area contributed by atoms with E-state index in [0.717, 1.165) is 5.56 Å². The Morgan fingerprint density at radius 3 is 2.40 bits per heavy atom. The van der Waals surface area contributed by atoms with Gasteiger partial charge in [-0.25, -0.2) is 4.98 Å². The summed E-state index contributed by atoms with van der Waals surface area (Å²) in [7, 11) is 0. The Bertz CT molecular complexity index is 578. The summed E-state index contributed by atoms with van der Waals surface area (Å²) in [5.41, 5.74) is 1.09. The van der Waals surface area contributed by atoms with Gasteiger partial charge in [-0.05, 0) is 11.6 Å². The van der Waals surface area contributed by atoms with Crippen LogP contribution < -0.4 is 4.90 Å². The summed E-state index contributed by atoms with van der Waals surface area (Å²) in [5, 5.41) is 10.1. The quantitative estimate of drug-likeness (QED) is 0.840. The number of benzene rings is 1. The molecule has 0 fully saturated rings. The summed E-state index contributed by atoms with van der Waals surface area (Å²) in [6.07, 6.45) is 0. The van der Waals surface area contributed by atoms with E-state index in [-0.39, 0.29) is 11.8 Å². The molecule has 20 heavy (non-hydrogen) atoms. The molecule has 0 aliphatic heterocycles. The zero-order chi connectivity index (χ0) is 14.5. The number of anilines is 1. The van der Waals surface area contributed by atoms with Crippen LogP contribution in [0.2, 0.25) is 15.2 Å². The predicted octanol–water partition coefficient (Wildman–Crippen LogP) is 4.04. The molecule has 0 bridgehead atoms. The number of aromatic nitrogens is 1. The molecule has 0 atom stereocenters. The van der Waals surface area contributed by atoms with Crippen LogP contribution in [0.3, 0.4) is 0 Å². The molecule has 0 spiro atoms. The van der Waals surface area contributed by atoms with E-state index in [9.17, 15) is 5.11 Å². The number of hydrogen-bond acceptors (Lipinski definition) is 3. The molecule has 1 aromatic carbocycles. The fourth-order valence-electron chi connectivity index (χ4n) is 1.84. The van der Waals surface area contributed by atoms with Gasteiger partial charge in [0.15, 0.2) is 0 Å². The van der Waals surface area contributed by atoms with Crippen LogP contribution in [0, 0.1) is 0 Å². The van der Waals surface area contributed by atoms with Crippen LogP contribution in [0.4, 0.5) is 5.82 Å². The van der Waals surface area contributed by atoms with Crippen LogP contribution >= 0.6 is 34.8 Å². The first-order chi connectivity index (χ1) is 9.61. The monoisotopic (exact) mass is 330 g/mol. The van der Waals surface area contributed by atoms with Crippen molar-refractivity contribution in [3.05, 3.63) is 57.2 Å². The number of aliphatic hydroxyl groups excluding tert-OH is 1. The normalized spacial score (nSPS) is 10.6. The lowest BCUT2D eigenvalue weighted by molar-refractivity contribution is 0.301. The summed E-state index contributed by atoms with van der Waals surface area (Å²) in [4.78, 5) is 6.06. The lowest BCUT2D eigenvalue weighted by Crippen LogP contribution is -2.27. The second-order valence-electron chi connectivity index (χ2n) is 4.20. The number of halogens is 3. The largest absolute Gasteiger partial charge is 0.395 e.